The van der Waals surface area contributed by atoms with Crippen molar-refractivity contribution in [2.75, 3.05) is 46.4 Å². The Kier molecular flexibility index (Phi) is 10.9. The maximum Gasteiger partial charge on any atom is 0.107 e. The summed E-state index contributed by atoms with van der Waals surface area (Å²) in [5, 5.41) is 0. The van der Waals surface area contributed by atoms with E-state index in [9.17, 15) is 0 Å². The Morgan fingerprint density at radius 3 is 2.67 bits per heavy atom. The van der Waals surface area contributed by atoms with Crippen molar-refractivity contribution in [1.82, 2.24) is 9.21 Å². The van der Waals surface area contributed by atoms with Gasteiger partial charge in [-0.1, -0.05) is 37.5 Å². The fraction of sp³-hybridized carbons (Fsp3) is 0.652. The van der Waals surface area contributed by atoms with Crippen LogP contribution in [0.4, 0.5) is 0 Å². The van der Waals surface area contributed by atoms with Crippen molar-refractivity contribution < 1.29 is 4.74 Å². The van der Waals surface area contributed by atoms with Gasteiger partial charge in [-0.05, 0) is 75.2 Å². The highest BCUT2D eigenvalue weighted by Crippen LogP contribution is 2.28. The van der Waals surface area contributed by atoms with E-state index in [0.717, 1.165) is 24.9 Å². The van der Waals surface area contributed by atoms with Crippen LogP contribution in [-0.4, -0.2) is 55.6 Å². The Labute approximate surface area is 171 Å². The van der Waals surface area contributed by atoms with Crippen LogP contribution in [0.2, 0.25) is 0 Å². The van der Waals surface area contributed by atoms with Crippen molar-refractivity contribution in [2.45, 2.75) is 43.9 Å². The largest absolute Gasteiger partial charge is 0.369 e. The van der Waals surface area contributed by atoms with Crippen molar-refractivity contribution in [3.63, 3.8) is 0 Å². The number of piperidine rings is 1. The van der Waals surface area contributed by atoms with Crippen molar-refractivity contribution in [2.24, 2.45) is 11.8 Å². The summed E-state index contributed by atoms with van der Waals surface area (Å²) in [7, 11) is 2.28. The van der Waals surface area contributed by atoms with E-state index in [1.54, 1.807) is 0 Å². The molecule has 0 N–H and O–H groups in total. The quantitative estimate of drug-likeness (QED) is 0.290. The summed E-state index contributed by atoms with van der Waals surface area (Å²) in [4.78, 5) is 3.89. The van der Waals surface area contributed by atoms with Gasteiger partial charge >= 0.3 is 0 Å². The van der Waals surface area contributed by atoms with Crippen LogP contribution < -0.4 is 0 Å². The van der Waals surface area contributed by atoms with E-state index >= 15 is 0 Å². The maximum atomic E-state index is 5.44. The van der Waals surface area contributed by atoms with Crippen LogP contribution in [0.25, 0.3) is 0 Å². The smallest absolute Gasteiger partial charge is 0.107 e. The molecule has 3 nitrogen and oxygen atoms in total. The van der Waals surface area contributed by atoms with Gasteiger partial charge < -0.3 is 9.64 Å². The maximum absolute atomic E-state index is 5.44. The molecular formula is C23H36N2OS. The van der Waals surface area contributed by atoms with Crippen molar-refractivity contribution in [3.8, 4) is 12.3 Å². The van der Waals surface area contributed by atoms with E-state index in [2.05, 4.69) is 59.4 Å². The number of hydrogen-bond donors (Lipinski definition) is 0. The fourth-order valence-electron chi connectivity index (χ4n) is 3.68. The molecule has 1 aliphatic rings. The van der Waals surface area contributed by atoms with Gasteiger partial charge in [-0.15, -0.1) is 6.42 Å². The topological polar surface area (TPSA) is 15.7 Å². The molecule has 1 unspecified atom stereocenters. The molecule has 1 heterocycles. The molecule has 0 aromatic heterocycles. The Bertz CT molecular complexity index is 537. The number of ether oxygens (including phenoxy) is 1. The number of benzene rings is 1. The summed E-state index contributed by atoms with van der Waals surface area (Å²) in [5.74, 6) is 4.12. The minimum atomic E-state index is 0.442. The van der Waals surface area contributed by atoms with Gasteiger partial charge in [-0.25, -0.2) is 4.31 Å². The molecule has 2 rings (SSSR count). The Morgan fingerprint density at radius 1 is 1.26 bits per heavy atom. The highest BCUT2D eigenvalue weighted by molar-refractivity contribution is 7.97. The Balaban J connectivity index is 1.59. The van der Waals surface area contributed by atoms with Crippen LogP contribution in [0.5, 0.6) is 0 Å². The molecule has 1 atom stereocenters. The van der Waals surface area contributed by atoms with Gasteiger partial charge in [0.25, 0.3) is 0 Å². The second kappa shape index (κ2) is 13.2. The number of hydrogen-bond acceptors (Lipinski definition) is 4. The van der Waals surface area contributed by atoms with Crippen LogP contribution in [-0.2, 0) is 4.74 Å². The van der Waals surface area contributed by atoms with Crippen LogP contribution in [0, 0.1) is 24.2 Å². The molecule has 0 saturated carbocycles. The van der Waals surface area contributed by atoms with Crippen molar-refractivity contribution in [1.29, 1.82) is 0 Å². The third-order valence-corrected chi connectivity index (χ3v) is 6.58. The van der Waals surface area contributed by atoms with E-state index in [1.807, 2.05) is 11.9 Å². The van der Waals surface area contributed by atoms with Gasteiger partial charge in [-0.3, -0.25) is 0 Å². The Hall–Kier alpha value is -0.990. The molecule has 0 spiro atoms. The first-order chi connectivity index (χ1) is 13.2. The van der Waals surface area contributed by atoms with Gasteiger partial charge in [0.2, 0.25) is 0 Å². The van der Waals surface area contributed by atoms with Gasteiger partial charge in [0.05, 0.1) is 0 Å². The molecule has 0 radical (unpaired) electrons. The van der Waals surface area contributed by atoms with Crippen LogP contribution >= 0.6 is 11.9 Å². The van der Waals surface area contributed by atoms with E-state index < -0.39 is 0 Å². The van der Waals surface area contributed by atoms with E-state index in [1.165, 1.54) is 56.8 Å². The first kappa shape index (κ1) is 22.3. The fourth-order valence-corrected chi connectivity index (χ4v) is 4.65. The molecule has 1 saturated heterocycles. The molecule has 1 aromatic rings. The van der Waals surface area contributed by atoms with E-state index in [0.29, 0.717) is 6.61 Å². The molecule has 1 aliphatic heterocycles. The van der Waals surface area contributed by atoms with Crippen LogP contribution in [0.1, 0.15) is 39.0 Å². The zero-order valence-electron chi connectivity index (χ0n) is 17.1. The van der Waals surface area contributed by atoms with Gasteiger partial charge in [0.15, 0.2) is 0 Å². The normalized spacial score (nSPS) is 17.1. The molecule has 1 aromatic carbocycles. The summed E-state index contributed by atoms with van der Waals surface area (Å²) in [6.45, 7) is 8.33. The molecule has 0 amide bonds. The average molecular weight is 389 g/mol. The van der Waals surface area contributed by atoms with Gasteiger partial charge in [0, 0.05) is 31.1 Å². The lowest BCUT2D eigenvalue weighted by atomic mass is 9.96. The highest BCUT2D eigenvalue weighted by Gasteiger charge is 2.21. The zero-order chi connectivity index (χ0) is 19.3. The molecule has 27 heavy (non-hydrogen) atoms. The van der Waals surface area contributed by atoms with Crippen molar-refractivity contribution in [3.05, 3.63) is 30.3 Å². The van der Waals surface area contributed by atoms with Crippen molar-refractivity contribution >= 4 is 11.9 Å². The molecular weight excluding hydrogens is 352 g/mol. The average Bonchev–Trinajstić information content (AvgIpc) is 2.70. The second-order valence-electron chi connectivity index (χ2n) is 7.65. The predicted molar refractivity (Wildman–Crippen MR) is 117 cm³/mol. The minimum absolute atomic E-state index is 0.442. The summed E-state index contributed by atoms with van der Waals surface area (Å²) >= 11 is 1.91. The van der Waals surface area contributed by atoms with Crippen LogP contribution in [0.15, 0.2) is 35.2 Å². The van der Waals surface area contributed by atoms with Crippen LogP contribution in [0.3, 0.4) is 0 Å². The third kappa shape index (κ3) is 9.17. The summed E-state index contributed by atoms with van der Waals surface area (Å²) < 4.78 is 7.96. The lowest BCUT2D eigenvalue weighted by molar-refractivity contribution is 0.141. The molecule has 0 aliphatic carbocycles. The Morgan fingerprint density at radius 2 is 2.00 bits per heavy atom. The predicted octanol–water partition coefficient (Wildman–Crippen LogP) is 4.79. The monoisotopic (exact) mass is 388 g/mol. The summed E-state index contributed by atoms with van der Waals surface area (Å²) in [6, 6.07) is 10.7. The summed E-state index contributed by atoms with van der Waals surface area (Å²) in [6.07, 6.45) is 11.4. The zero-order valence-corrected chi connectivity index (χ0v) is 17.9. The number of terminal acetylenes is 1. The first-order valence-electron chi connectivity index (χ1n) is 10.4. The third-order valence-electron chi connectivity index (χ3n) is 5.47. The summed E-state index contributed by atoms with van der Waals surface area (Å²) in [5.41, 5.74) is 0. The molecule has 0 bridgehead atoms. The van der Waals surface area contributed by atoms with Gasteiger partial charge in [0.1, 0.15) is 6.61 Å². The molecule has 4 heteroatoms. The number of nitrogens with zero attached hydrogens (tertiary/aromatic N) is 2. The minimum Gasteiger partial charge on any atom is -0.369 e. The highest BCUT2D eigenvalue weighted by atomic mass is 32.2. The first-order valence-corrected chi connectivity index (χ1v) is 11.2. The van der Waals surface area contributed by atoms with E-state index in [-0.39, 0.29) is 0 Å². The van der Waals surface area contributed by atoms with Gasteiger partial charge in [-0.2, -0.15) is 0 Å². The second-order valence-corrected chi connectivity index (χ2v) is 8.82. The SMILES string of the molecule is C#CCOCCC(CC)CCN(C)CC1CCN(Sc2ccccc2)CC1. The molecule has 1 fully saturated rings. The standard InChI is InChI=1S/C23H36N2OS/c1-4-18-26-19-14-21(5-2)11-15-24(3)20-22-12-16-25(17-13-22)27-23-9-7-6-8-10-23/h1,6-10,21-22H,5,11-20H2,2-3H3. The number of rotatable bonds is 12. The van der Waals surface area contributed by atoms with E-state index in [4.69, 9.17) is 11.2 Å². The lowest BCUT2D eigenvalue weighted by Crippen LogP contribution is -2.35. The lowest BCUT2D eigenvalue weighted by Gasteiger charge is -2.33. The molecule has 150 valence electrons.